The Bertz CT molecular complexity index is 3560. The molecular formula is C66H47N3. The fourth-order valence-corrected chi connectivity index (χ4v) is 10.0. The summed E-state index contributed by atoms with van der Waals surface area (Å²) in [6, 6.07) is 101. The minimum atomic E-state index is 0.951. The lowest BCUT2D eigenvalue weighted by atomic mass is 9.93. The highest BCUT2D eigenvalue weighted by Gasteiger charge is 2.25. The first kappa shape index (κ1) is 41.3. The van der Waals surface area contributed by atoms with Crippen LogP contribution in [0.15, 0.2) is 279 Å². The van der Waals surface area contributed by atoms with Crippen LogP contribution in [0, 0.1) is 0 Å². The molecule has 3 nitrogen and oxygen atoms in total. The fraction of sp³-hybridized carbons (Fsp3) is 0. The zero-order valence-corrected chi connectivity index (χ0v) is 38.0. The summed E-state index contributed by atoms with van der Waals surface area (Å²) in [5.74, 6) is 0. The Labute approximate surface area is 403 Å². The number of anilines is 5. The van der Waals surface area contributed by atoms with Gasteiger partial charge >= 0.3 is 0 Å². The van der Waals surface area contributed by atoms with Crippen LogP contribution in [-0.2, 0) is 0 Å². The Balaban J connectivity index is 1.19. The normalized spacial score (nSPS) is 11.2. The molecule has 326 valence electrons. The van der Waals surface area contributed by atoms with Gasteiger partial charge in [-0.05, 0) is 75.8 Å². The van der Waals surface area contributed by atoms with Crippen molar-refractivity contribution in [3.63, 3.8) is 0 Å². The minimum Gasteiger partial charge on any atom is -0.354 e. The van der Waals surface area contributed by atoms with Crippen LogP contribution in [0.5, 0.6) is 0 Å². The van der Waals surface area contributed by atoms with Gasteiger partial charge in [0.2, 0.25) is 0 Å². The van der Waals surface area contributed by atoms with Crippen LogP contribution >= 0.6 is 0 Å². The summed E-state index contributed by atoms with van der Waals surface area (Å²) in [7, 11) is 0. The molecule has 0 radical (unpaired) electrons. The van der Waals surface area contributed by atoms with E-state index in [4.69, 9.17) is 0 Å². The van der Waals surface area contributed by atoms with E-state index in [0.717, 1.165) is 101 Å². The number of fused-ring (bicyclic) bond motifs is 3. The number of benzene rings is 11. The van der Waals surface area contributed by atoms with E-state index >= 15 is 0 Å². The molecule has 12 aromatic rings. The highest BCUT2D eigenvalue weighted by Crippen LogP contribution is 2.49. The smallest absolute Gasteiger partial charge is 0.0618 e. The van der Waals surface area contributed by atoms with Gasteiger partial charge in [-0.1, -0.05) is 237 Å². The van der Waals surface area contributed by atoms with Crippen molar-refractivity contribution in [1.29, 1.82) is 0 Å². The molecule has 0 atom stereocenters. The quantitative estimate of drug-likeness (QED) is 0.140. The van der Waals surface area contributed by atoms with Crippen LogP contribution in [0.25, 0.3) is 83.1 Å². The number of hydrogen-bond acceptors (Lipinski definition) is 2. The molecular weight excluding hydrogens is 835 g/mol. The van der Waals surface area contributed by atoms with Crippen LogP contribution in [0.2, 0.25) is 0 Å². The molecule has 0 saturated carbocycles. The number of rotatable bonds is 11. The molecule has 11 aromatic carbocycles. The predicted octanol–water partition coefficient (Wildman–Crippen LogP) is 18.3. The summed E-state index contributed by atoms with van der Waals surface area (Å²) in [5.41, 5.74) is 19.8. The fourth-order valence-electron chi connectivity index (χ4n) is 10.0. The molecule has 69 heavy (non-hydrogen) atoms. The SMILES string of the molecule is c1ccc(-c2cccc(N(c3cc(Nc4c(-c5ccccc5)cccc4-c4ccccc4)cc(-n4c5ccccc5c5ccccc54)c3)c3c(-c4ccccc4)cccc3-c3ccccc3)c2)cc1. The average molecular weight is 882 g/mol. The van der Waals surface area contributed by atoms with Crippen molar-refractivity contribution in [2.24, 2.45) is 0 Å². The topological polar surface area (TPSA) is 20.2 Å². The molecule has 0 aliphatic heterocycles. The summed E-state index contributed by atoms with van der Waals surface area (Å²) < 4.78 is 2.43. The van der Waals surface area contributed by atoms with Gasteiger partial charge in [0.25, 0.3) is 0 Å². The predicted molar refractivity (Wildman–Crippen MR) is 292 cm³/mol. The Morgan fingerprint density at radius 2 is 0.696 bits per heavy atom. The molecule has 1 heterocycles. The third kappa shape index (κ3) is 7.92. The Morgan fingerprint density at radius 1 is 0.290 bits per heavy atom. The van der Waals surface area contributed by atoms with E-state index in [-0.39, 0.29) is 0 Å². The lowest BCUT2D eigenvalue weighted by Gasteiger charge is -2.32. The van der Waals surface area contributed by atoms with Gasteiger partial charge in [0, 0.05) is 44.4 Å². The minimum absolute atomic E-state index is 0.951. The average Bonchev–Trinajstić information content (AvgIpc) is 3.77. The van der Waals surface area contributed by atoms with Gasteiger partial charge in [-0.2, -0.15) is 0 Å². The van der Waals surface area contributed by atoms with Gasteiger partial charge in [0.1, 0.15) is 0 Å². The van der Waals surface area contributed by atoms with Crippen LogP contribution in [0.3, 0.4) is 0 Å². The molecule has 0 saturated heterocycles. The van der Waals surface area contributed by atoms with E-state index in [1.807, 2.05) is 0 Å². The summed E-state index contributed by atoms with van der Waals surface area (Å²) in [6.07, 6.45) is 0. The van der Waals surface area contributed by atoms with Crippen molar-refractivity contribution in [2.45, 2.75) is 0 Å². The van der Waals surface area contributed by atoms with Gasteiger partial charge in [-0.25, -0.2) is 0 Å². The first-order chi connectivity index (χ1) is 34.2. The Kier molecular flexibility index (Phi) is 10.9. The van der Waals surface area contributed by atoms with Gasteiger partial charge in [0.15, 0.2) is 0 Å². The molecule has 0 aliphatic carbocycles. The molecule has 1 N–H and O–H groups in total. The van der Waals surface area contributed by atoms with Gasteiger partial charge < -0.3 is 14.8 Å². The van der Waals surface area contributed by atoms with Gasteiger partial charge in [0.05, 0.1) is 33.8 Å². The summed E-state index contributed by atoms with van der Waals surface area (Å²) in [6.45, 7) is 0. The van der Waals surface area contributed by atoms with Crippen molar-refractivity contribution in [2.75, 3.05) is 10.2 Å². The van der Waals surface area contributed by atoms with E-state index < -0.39 is 0 Å². The second kappa shape index (κ2) is 18.2. The molecule has 1 aromatic heterocycles. The lowest BCUT2D eigenvalue weighted by Crippen LogP contribution is -2.14. The molecule has 12 rings (SSSR count). The van der Waals surface area contributed by atoms with E-state index in [1.165, 1.54) is 10.8 Å². The monoisotopic (exact) mass is 881 g/mol. The number of nitrogens with one attached hydrogen (secondary N) is 1. The van der Waals surface area contributed by atoms with Crippen molar-refractivity contribution in [3.8, 4) is 61.3 Å². The van der Waals surface area contributed by atoms with E-state index in [1.54, 1.807) is 0 Å². The van der Waals surface area contributed by atoms with E-state index in [9.17, 15) is 0 Å². The maximum absolute atomic E-state index is 4.12. The van der Waals surface area contributed by atoms with Gasteiger partial charge in [-0.3, -0.25) is 0 Å². The molecule has 0 unspecified atom stereocenters. The van der Waals surface area contributed by atoms with Crippen LogP contribution in [0.4, 0.5) is 28.4 Å². The first-order valence-corrected chi connectivity index (χ1v) is 23.6. The largest absolute Gasteiger partial charge is 0.354 e. The highest BCUT2D eigenvalue weighted by molar-refractivity contribution is 6.09. The van der Waals surface area contributed by atoms with Gasteiger partial charge in [-0.15, -0.1) is 0 Å². The number of hydrogen-bond donors (Lipinski definition) is 1. The first-order valence-electron chi connectivity index (χ1n) is 23.6. The van der Waals surface area contributed by atoms with Crippen molar-refractivity contribution in [1.82, 2.24) is 4.57 Å². The van der Waals surface area contributed by atoms with Crippen molar-refractivity contribution in [3.05, 3.63) is 279 Å². The molecule has 0 amide bonds. The van der Waals surface area contributed by atoms with Crippen LogP contribution in [-0.4, -0.2) is 4.57 Å². The maximum Gasteiger partial charge on any atom is 0.0618 e. The standard InChI is InChI=1S/C66H47N3/c1-6-23-47(24-7-1)52-33-20-34-54(43-52)68(66-59(50-29-12-4-13-30-50)39-22-40-60(66)51-31-14-5-15-32-51)55-44-53(45-56(46-55)69-63-41-18-16-35-61(63)62-36-17-19-42-64(62)69)67-65-57(48-25-8-2-9-26-48)37-21-38-58(65)49-27-10-3-11-28-49/h1-46,67H. The zero-order chi connectivity index (χ0) is 45.9. The van der Waals surface area contributed by atoms with E-state index in [2.05, 4.69) is 294 Å². The molecule has 3 heteroatoms. The second-order valence-corrected chi connectivity index (χ2v) is 17.4. The number of aromatic nitrogens is 1. The van der Waals surface area contributed by atoms with E-state index in [0.29, 0.717) is 0 Å². The van der Waals surface area contributed by atoms with Crippen molar-refractivity contribution >= 4 is 50.2 Å². The van der Waals surface area contributed by atoms with Crippen LogP contribution in [0.1, 0.15) is 0 Å². The summed E-state index contributed by atoms with van der Waals surface area (Å²) in [5, 5.41) is 6.54. The molecule has 0 aliphatic rings. The summed E-state index contributed by atoms with van der Waals surface area (Å²) >= 11 is 0. The Hall–Kier alpha value is -9.18. The number of nitrogens with zero attached hydrogens (tertiary/aromatic N) is 2. The third-order valence-electron chi connectivity index (χ3n) is 13.1. The Morgan fingerprint density at radius 3 is 1.20 bits per heavy atom. The maximum atomic E-state index is 4.12. The molecule has 0 fully saturated rings. The summed E-state index contributed by atoms with van der Waals surface area (Å²) in [4.78, 5) is 2.49. The third-order valence-corrected chi connectivity index (χ3v) is 13.1. The lowest BCUT2D eigenvalue weighted by molar-refractivity contribution is 1.17. The second-order valence-electron chi connectivity index (χ2n) is 17.4. The molecule has 0 spiro atoms. The molecule has 0 bridgehead atoms. The van der Waals surface area contributed by atoms with Crippen LogP contribution < -0.4 is 10.2 Å². The zero-order valence-electron chi connectivity index (χ0n) is 38.0. The van der Waals surface area contributed by atoms with Crippen molar-refractivity contribution < 1.29 is 0 Å². The highest BCUT2D eigenvalue weighted by atomic mass is 15.2. The number of para-hydroxylation sites is 4.